The van der Waals surface area contributed by atoms with Crippen LogP contribution in [0.5, 0.6) is 0 Å². The number of nitrogens with zero attached hydrogens (tertiary/aromatic N) is 4. The highest BCUT2D eigenvalue weighted by atomic mass is 35.5. The van der Waals surface area contributed by atoms with E-state index in [-0.39, 0.29) is 0 Å². The molecule has 106 valence electrons. The summed E-state index contributed by atoms with van der Waals surface area (Å²) in [4.78, 5) is 0. The van der Waals surface area contributed by atoms with Gasteiger partial charge in [-0.15, -0.1) is 10.2 Å². The SMILES string of the molecule is Clc1ccc(CSc2ccc(-n3cccn3)nn2)c(Cl)c1. The summed E-state index contributed by atoms with van der Waals surface area (Å²) in [5.74, 6) is 1.40. The third-order valence-electron chi connectivity index (χ3n) is 2.76. The summed E-state index contributed by atoms with van der Waals surface area (Å²) in [6.07, 6.45) is 3.52. The van der Waals surface area contributed by atoms with Crippen LogP contribution in [0.2, 0.25) is 10.0 Å². The first-order valence-corrected chi connectivity index (χ1v) is 7.87. The third kappa shape index (κ3) is 3.56. The van der Waals surface area contributed by atoms with Gasteiger partial charge >= 0.3 is 0 Å². The van der Waals surface area contributed by atoms with E-state index < -0.39 is 0 Å². The van der Waals surface area contributed by atoms with Crippen molar-refractivity contribution in [1.29, 1.82) is 0 Å². The average molecular weight is 337 g/mol. The molecule has 0 N–H and O–H groups in total. The molecule has 0 atom stereocenters. The number of aromatic nitrogens is 4. The van der Waals surface area contributed by atoms with Crippen molar-refractivity contribution < 1.29 is 0 Å². The molecule has 0 aliphatic rings. The highest BCUT2D eigenvalue weighted by Crippen LogP contribution is 2.27. The van der Waals surface area contributed by atoms with Gasteiger partial charge in [0.15, 0.2) is 5.82 Å². The van der Waals surface area contributed by atoms with Gasteiger partial charge in [0.1, 0.15) is 5.03 Å². The molecule has 0 unspecified atom stereocenters. The van der Waals surface area contributed by atoms with Gasteiger partial charge in [0, 0.05) is 28.2 Å². The second-order valence-electron chi connectivity index (χ2n) is 4.20. The van der Waals surface area contributed by atoms with E-state index in [9.17, 15) is 0 Å². The van der Waals surface area contributed by atoms with Gasteiger partial charge in [0.25, 0.3) is 0 Å². The third-order valence-corrected chi connectivity index (χ3v) is 4.31. The fraction of sp³-hybridized carbons (Fsp3) is 0.0714. The van der Waals surface area contributed by atoms with E-state index >= 15 is 0 Å². The van der Waals surface area contributed by atoms with Gasteiger partial charge in [-0.3, -0.25) is 0 Å². The summed E-state index contributed by atoms with van der Waals surface area (Å²) in [5, 5.41) is 14.6. The Labute approximate surface area is 136 Å². The van der Waals surface area contributed by atoms with Gasteiger partial charge in [-0.2, -0.15) is 5.10 Å². The zero-order valence-corrected chi connectivity index (χ0v) is 13.1. The highest BCUT2D eigenvalue weighted by molar-refractivity contribution is 7.98. The van der Waals surface area contributed by atoms with Gasteiger partial charge in [-0.1, -0.05) is 41.0 Å². The largest absolute Gasteiger partial charge is 0.221 e. The summed E-state index contributed by atoms with van der Waals surface area (Å²) < 4.78 is 1.66. The second-order valence-corrected chi connectivity index (χ2v) is 6.04. The smallest absolute Gasteiger partial charge is 0.175 e. The molecule has 7 heteroatoms. The molecule has 0 aliphatic carbocycles. The van der Waals surface area contributed by atoms with Crippen molar-refractivity contribution >= 4 is 35.0 Å². The normalized spacial score (nSPS) is 10.8. The number of benzene rings is 1. The first-order chi connectivity index (χ1) is 10.2. The lowest BCUT2D eigenvalue weighted by Gasteiger charge is -2.05. The summed E-state index contributed by atoms with van der Waals surface area (Å²) in [6, 6.07) is 11.1. The minimum atomic E-state index is 0.636. The van der Waals surface area contributed by atoms with Crippen molar-refractivity contribution in [2.24, 2.45) is 0 Å². The van der Waals surface area contributed by atoms with E-state index in [2.05, 4.69) is 15.3 Å². The Balaban J connectivity index is 1.68. The van der Waals surface area contributed by atoms with E-state index in [1.807, 2.05) is 36.5 Å². The molecule has 0 saturated heterocycles. The average Bonchev–Trinajstić information content (AvgIpc) is 3.01. The monoisotopic (exact) mass is 336 g/mol. The van der Waals surface area contributed by atoms with Gasteiger partial charge in [-0.25, -0.2) is 4.68 Å². The minimum Gasteiger partial charge on any atom is -0.221 e. The Morgan fingerprint density at radius 1 is 1.10 bits per heavy atom. The fourth-order valence-corrected chi connectivity index (χ4v) is 3.08. The molecule has 1 aromatic carbocycles. The van der Waals surface area contributed by atoms with Crippen LogP contribution in [-0.4, -0.2) is 20.0 Å². The van der Waals surface area contributed by atoms with Crippen LogP contribution >= 0.6 is 35.0 Å². The number of hydrogen-bond donors (Lipinski definition) is 0. The standard InChI is InChI=1S/C14H10Cl2N4S/c15-11-3-2-10(12(16)8-11)9-21-14-5-4-13(18-19-14)20-7-1-6-17-20/h1-8H,9H2. The predicted octanol–water partition coefficient (Wildman–Crippen LogP) is 4.26. The maximum Gasteiger partial charge on any atom is 0.175 e. The van der Waals surface area contributed by atoms with E-state index in [1.54, 1.807) is 28.7 Å². The number of thioether (sulfide) groups is 1. The molecule has 4 nitrogen and oxygen atoms in total. The Morgan fingerprint density at radius 2 is 2.00 bits per heavy atom. The van der Waals surface area contributed by atoms with Crippen LogP contribution in [0.4, 0.5) is 0 Å². The lowest BCUT2D eigenvalue weighted by Crippen LogP contribution is -1.99. The van der Waals surface area contributed by atoms with Gasteiger partial charge in [0.05, 0.1) is 0 Å². The Morgan fingerprint density at radius 3 is 2.67 bits per heavy atom. The Bertz CT molecular complexity index is 729. The van der Waals surface area contributed by atoms with Crippen LogP contribution < -0.4 is 0 Å². The molecule has 0 bridgehead atoms. The van der Waals surface area contributed by atoms with Crippen LogP contribution in [0.25, 0.3) is 5.82 Å². The van der Waals surface area contributed by atoms with Crippen LogP contribution in [-0.2, 0) is 5.75 Å². The second kappa shape index (κ2) is 6.47. The summed E-state index contributed by atoms with van der Waals surface area (Å²) in [7, 11) is 0. The van der Waals surface area contributed by atoms with Crippen LogP contribution in [0.3, 0.4) is 0 Å². The van der Waals surface area contributed by atoms with Gasteiger partial charge in [-0.05, 0) is 35.9 Å². The van der Waals surface area contributed by atoms with Crippen molar-refractivity contribution in [2.45, 2.75) is 10.8 Å². The van der Waals surface area contributed by atoms with E-state index in [0.717, 1.165) is 10.6 Å². The number of hydrogen-bond acceptors (Lipinski definition) is 4. The number of halogens is 2. The lowest BCUT2D eigenvalue weighted by atomic mass is 10.2. The summed E-state index contributed by atoms with van der Waals surface area (Å²) >= 11 is 13.6. The molecular formula is C14H10Cl2N4S. The molecule has 3 rings (SSSR count). The zero-order valence-electron chi connectivity index (χ0n) is 10.8. The fourth-order valence-electron chi connectivity index (χ4n) is 1.71. The molecular weight excluding hydrogens is 327 g/mol. The molecule has 0 fully saturated rings. The maximum absolute atomic E-state index is 6.14. The molecule has 0 spiro atoms. The Kier molecular flexibility index (Phi) is 4.43. The molecule has 0 amide bonds. The van der Waals surface area contributed by atoms with E-state index in [0.29, 0.717) is 21.6 Å². The molecule has 2 aromatic heterocycles. The summed E-state index contributed by atoms with van der Waals surface area (Å²) in [6.45, 7) is 0. The van der Waals surface area contributed by atoms with Crippen molar-refractivity contribution in [3.8, 4) is 5.82 Å². The van der Waals surface area contributed by atoms with Gasteiger partial charge in [0.2, 0.25) is 0 Å². The van der Waals surface area contributed by atoms with E-state index in [1.165, 1.54) is 0 Å². The molecule has 0 aliphatic heterocycles. The topological polar surface area (TPSA) is 43.6 Å². The minimum absolute atomic E-state index is 0.636. The summed E-state index contributed by atoms with van der Waals surface area (Å²) in [5.41, 5.74) is 1.02. The zero-order chi connectivity index (χ0) is 14.7. The molecule has 21 heavy (non-hydrogen) atoms. The molecule has 2 heterocycles. The number of rotatable bonds is 4. The molecule has 0 saturated carbocycles. The Hall–Kier alpha value is -1.56. The van der Waals surface area contributed by atoms with Crippen molar-refractivity contribution in [3.05, 3.63) is 64.4 Å². The van der Waals surface area contributed by atoms with Crippen LogP contribution in [0.1, 0.15) is 5.56 Å². The van der Waals surface area contributed by atoms with Crippen LogP contribution in [0.15, 0.2) is 53.8 Å². The van der Waals surface area contributed by atoms with Crippen LogP contribution in [0, 0.1) is 0 Å². The quantitative estimate of drug-likeness (QED) is 0.667. The first-order valence-electron chi connectivity index (χ1n) is 6.13. The maximum atomic E-state index is 6.14. The van der Waals surface area contributed by atoms with E-state index in [4.69, 9.17) is 23.2 Å². The van der Waals surface area contributed by atoms with Gasteiger partial charge < -0.3 is 0 Å². The highest BCUT2D eigenvalue weighted by Gasteiger charge is 2.05. The molecule has 3 aromatic rings. The lowest BCUT2D eigenvalue weighted by molar-refractivity contribution is 0.792. The van der Waals surface area contributed by atoms with Crippen molar-refractivity contribution in [1.82, 2.24) is 20.0 Å². The first kappa shape index (κ1) is 14.4. The van der Waals surface area contributed by atoms with Crippen molar-refractivity contribution in [2.75, 3.05) is 0 Å². The molecule has 0 radical (unpaired) electrons. The predicted molar refractivity (Wildman–Crippen MR) is 85.2 cm³/mol. The van der Waals surface area contributed by atoms with Crippen molar-refractivity contribution in [3.63, 3.8) is 0 Å².